The minimum absolute atomic E-state index is 0.110. The number of nitrogens with zero attached hydrogens (tertiary/aromatic N) is 1. The predicted octanol–water partition coefficient (Wildman–Crippen LogP) is 4.23. The number of fused-ring (bicyclic) bond motifs is 3. The normalized spacial score (nSPS) is 28.3. The zero-order valence-corrected chi connectivity index (χ0v) is 16.1. The summed E-state index contributed by atoms with van der Waals surface area (Å²) in [4.78, 5) is 2.37. The lowest BCUT2D eigenvalue weighted by molar-refractivity contribution is 0.180. The molecule has 24 heavy (non-hydrogen) atoms. The highest BCUT2D eigenvalue weighted by atomic mass is 79.9. The number of rotatable bonds is 3. The topological polar surface area (TPSA) is 3.24 Å². The zero-order valence-electron chi connectivity index (χ0n) is 14.5. The average molecular weight is 381 g/mol. The molecule has 1 aliphatic carbocycles. The van der Waals surface area contributed by atoms with Crippen LogP contribution in [0.3, 0.4) is 0 Å². The number of hydrogen-bond acceptors (Lipinski definition) is 1. The van der Waals surface area contributed by atoms with Crippen LogP contribution in [0, 0.1) is 5.92 Å². The Hall–Kier alpha value is -1.06. The molecule has 1 saturated carbocycles. The molecule has 2 aromatic rings. The number of benzene rings is 2. The Morgan fingerprint density at radius 2 is 1.75 bits per heavy atom. The van der Waals surface area contributed by atoms with Gasteiger partial charge in [-0.05, 0) is 49.4 Å². The summed E-state index contributed by atoms with van der Waals surface area (Å²) in [6, 6.07) is 18.0. The molecular weight excluding hydrogens is 357 g/mol. The molecule has 2 aliphatic rings. The molecule has 0 bridgehead atoms. The Kier molecular flexibility index (Phi) is 4.34. The summed E-state index contributed by atoms with van der Waals surface area (Å²) in [7, 11) is 6.97. The Morgan fingerprint density at radius 1 is 1.04 bits per heavy atom. The van der Waals surface area contributed by atoms with E-state index in [2.05, 4.69) is 90.7 Å². The highest BCUT2D eigenvalue weighted by molar-refractivity contribution is 9.10. The van der Waals surface area contributed by atoms with Gasteiger partial charge in [0.2, 0.25) is 0 Å². The molecular formula is C21H24BBrN. The summed E-state index contributed by atoms with van der Waals surface area (Å²) in [5.41, 5.74) is 4.57. The van der Waals surface area contributed by atoms with Crippen molar-refractivity contribution in [3.8, 4) is 0 Å². The van der Waals surface area contributed by atoms with Crippen LogP contribution in [0.5, 0.6) is 0 Å². The van der Waals surface area contributed by atoms with Crippen molar-refractivity contribution in [1.29, 1.82) is 0 Å². The van der Waals surface area contributed by atoms with Crippen molar-refractivity contribution in [3.05, 3.63) is 64.1 Å². The van der Waals surface area contributed by atoms with E-state index in [0.29, 0.717) is 11.7 Å². The molecule has 0 aromatic heterocycles. The Balaban J connectivity index is 1.97. The molecule has 1 fully saturated rings. The number of halogens is 1. The van der Waals surface area contributed by atoms with E-state index in [1.165, 1.54) is 40.3 Å². The predicted molar refractivity (Wildman–Crippen MR) is 106 cm³/mol. The molecule has 1 radical (unpaired) electrons. The second kappa shape index (κ2) is 6.35. The summed E-state index contributed by atoms with van der Waals surface area (Å²) in [6.07, 6.45) is 3.93. The van der Waals surface area contributed by atoms with Crippen LogP contribution < -0.4 is 5.46 Å². The molecule has 1 nitrogen and oxygen atoms in total. The molecule has 3 heteroatoms. The van der Waals surface area contributed by atoms with Crippen LogP contribution in [0.2, 0.25) is 5.82 Å². The van der Waals surface area contributed by atoms with Crippen molar-refractivity contribution in [1.82, 2.24) is 4.90 Å². The van der Waals surface area contributed by atoms with Gasteiger partial charge in [-0.25, -0.2) is 0 Å². The van der Waals surface area contributed by atoms with Gasteiger partial charge in [0.15, 0.2) is 7.28 Å². The molecule has 0 amide bonds. The highest BCUT2D eigenvalue weighted by Gasteiger charge is 2.54. The summed E-state index contributed by atoms with van der Waals surface area (Å²) in [5.74, 6) is 1.25. The van der Waals surface area contributed by atoms with Gasteiger partial charge >= 0.3 is 0 Å². The number of hydrogen-bond donors (Lipinski definition) is 0. The summed E-state index contributed by atoms with van der Waals surface area (Å²) in [5, 5.41) is 0. The second-order valence-corrected chi connectivity index (χ2v) is 8.45. The quantitative estimate of drug-likeness (QED) is 0.720. The largest absolute Gasteiger partial charge is 0.309 e. The van der Waals surface area contributed by atoms with Crippen molar-refractivity contribution in [3.63, 3.8) is 0 Å². The van der Waals surface area contributed by atoms with E-state index in [0.717, 1.165) is 6.54 Å². The van der Waals surface area contributed by atoms with Crippen molar-refractivity contribution >= 4 is 28.7 Å². The van der Waals surface area contributed by atoms with Crippen molar-refractivity contribution in [2.45, 2.75) is 30.5 Å². The fourth-order valence-electron chi connectivity index (χ4n) is 5.25. The van der Waals surface area contributed by atoms with E-state index >= 15 is 0 Å². The molecule has 2 unspecified atom stereocenters. The molecule has 2 aromatic carbocycles. The Bertz CT molecular complexity index is 744. The lowest BCUT2D eigenvalue weighted by Gasteiger charge is -2.49. The lowest BCUT2D eigenvalue weighted by atomic mass is 9.48. The maximum Gasteiger partial charge on any atom is 0.156 e. The fourth-order valence-corrected chi connectivity index (χ4v) is 5.86. The second-order valence-electron chi connectivity index (χ2n) is 7.60. The van der Waals surface area contributed by atoms with Crippen LogP contribution in [0.1, 0.15) is 30.4 Å². The Labute approximate surface area is 154 Å². The standard InChI is InChI=1S/C21H24BBrN/c1-24(2)14-15-8-7-13-20-21(15,17-10-4-6-12-19(17)23)16-9-3-5-11-18(16)22-20/h3-6,9-12,15,20H,7-8,13-14H2,1-2H3/t15?,20-,21?/m1/s1. The van der Waals surface area contributed by atoms with Crippen LogP contribution in [-0.2, 0) is 5.41 Å². The minimum atomic E-state index is 0.110. The van der Waals surface area contributed by atoms with Gasteiger partial charge < -0.3 is 4.90 Å². The maximum atomic E-state index is 3.88. The van der Waals surface area contributed by atoms with Crippen LogP contribution >= 0.6 is 15.9 Å². The van der Waals surface area contributed by atoms with Gasteiger partial charge in [-0.1, -0.05) is 76.7 Å². The molecule has 0 spiro atoms. The first-order valence-corrected chi connectivity index (χ1v) is 9.77. The van der Waals surface area contributed by atoms with Gasteiger partial charge in [-0.3, -0.25) is 0 Å². The fraction of sp³-hybridized carbons (Fsp3) is 0.429. The average Bonchev–Trinajstić information content (AvgIpc) is 2.91. The SMILES string of the molecule is CN(C)CC1CCC[C@H]2[B]c3ccccc3C12c1ccccc1Br. The van der Waals surface area contributed by atoms with Gasteiger partial charge in [0.25, 0.3) is 0 Å². The van der Waals surface area contributed by atoms with Crippen LogP contribution in [0.15, 0.2) is 53.0 Å². The smallest absolute Gasteiger partial charge is 0.156 e. The van der Waals surface area contributed by atoms with Crippen LogP contribution in [-0.4, -0.2) is 32.8 Å². The third-order valence-electron chi connectivity index (χ3n) is 5.99. The van der Waals surface area contributed by atoms with Crippen molar-refractivity contribution < 1.29 is 0 Å². The first kappa shape index (κ1) is 16.4. The third-order valence-corrected chi connectivity index (χ3v) is 6.68. The van der Waals surface area contributed by atoms with E-state index < -0.39 is 0 Å². The summed E-state index contributed by atoms with van der Waals surface area (Å²) >= 11 is 3.88. The van der Waals surface area contributed by atoms with E-state index in [-0.39, 0.29) is 5.41 Å². The monoisotopic (exact) mass is 380 g/mol. The van der Waals surface area contributed by atoms with Gasteiger partial charge in [0.05, 0.1) is 0 Å². The minimum Gasteiger partial charge on any atom is -0.309 e. The van der Waals surface area contributed by atoms with E-state index in [4.69, 9.17) is 0 Å². The first-order chi connectivity index (χ1) is 11.6. The van der Waals surface area contributed by atoms with E-state index in [1.807, 2.05) is 0 Å². The van der Waals surface area contributed by atoms with E-state index in [1.54, 1.807) is 0 Å². The van der Waals surface area contributed by atoms with Crippen molar-refractivity contribution in [2.75, 3.05) is 20.6 Å². The van der Waals surface area contributed by atoms with E-state index in [9.17, 15) is 0 Å². The Morgan fingerprint density at radius 3 is 2.50 bits per heavy atom. The highest BCUT2D eigenvalue weighted by Crippen LogP contribution is 2.58. The van der Waals surface area contributed by atoms with Gasteiger partial charge in [0.1, 0.15) is 0 Å². The van der Waals surface area contributed by atoms with Gasteiger partial charge in [0, 0.05) is 16.4 Å². The lowest BCUT2D eigenvalue weighted by Crippen LogP contribution is -2.46. The van der Waals surface area contributed by atoms with Gasteiger partial charge in [-0.15, -0.1) is 0 Å². The first-order valence-electron chi connectivity index (χ1n) is 8.98. The molecule has 0 saturated heterocycles. The third kappa shape index (κ3) is 2.40. The molecule has 0 N–H and O–H groups in total. The van der Waals surface area contributed by atoms with Crippen molar-refractivity contribution in [2.24, 2.45) is 5.92 Å². The summed E-state index contributed by atoms with van der Waals surface area (Å²) < 4.78 is 1.26. The molecule has 1 aliphatic heterocycles. The molecule has 123 valence electrons. The van der Waals surface area contributed by atoms with Crippen LogP contribution in [0.25, 0.3) is 0 Å². The summed E-state index contributed by atoms with van der Waals surface area (Å²) in [6.45, 7) is 1.14. The van der Waals surface area contributed by atoms with Crippen LogP contribution in [0.4, 0.5) is 0 Å². The molecule has 3 atom stereocenters. The molecule has 4 rings (SSSR count). The van der Waals surface area contributed by atoms with Gasteiger partial charge in [-0.2, -0.15) is 0 Å². The maximum absolute atomic E-state index is 3.88. The molecule has 1 heterocycles. The zero-order chi connectivity index (χ0) is 16.7.